The highest BCUT2D eigenvalue weighted by atomic mass is 79.9. The average molecular weight is 449 g/mol. The van der Waals surface area contributed by atoms with Crippen LogP contribution in [0.15, 0.2) is 96.0 Å². The highest BCUT2D eigenvalue weighted by molar-refractivity contribution is 9.10. The van der Waals surface area contributed by atoms with Crippen LogP contribution in [-0.4, -0.2) is 17.5 Å². The van der Waals surface area contributed by atoms with Gasteiger partial charge in [-0.25, -0.2) is 0 Å². The van der Waals surface area contributed by atoms with Crippen LogP contribution in [-0.2, 0) is 11.3 Å². The Balaban J connectivity index is 1.63. The predicted octanol–water partition coefficient (Wildman–Crippen LogP) is 3.55. The standard InChI is InChI=1S/C24H22BrN3O/c1-18(20-10-6-3-7-11-20)26-28-23(29)17-27(16-19-8-4-2-5-9-19)24(28)21-12-14-22(25)15-13-21/h2-15,24,26H,1,16-17H2/p+1/t24-/m1/s1. The Bertz CT molecular complexity index is 990. The van der Waals surface area contributed by atoms with Gasteiger partial charge in [-0.2, -0.15) is 5.01 Å². The van der Waals surface area contributed by atoms with Crippen LogP contribution in [0.3, 0.4) is 0 Å². The molecule has 1 amide bonds. The fraction of sp³-hybridized carbons (Fsp3) is 0.125. The van der Waals surface area contributed by atoms with Gasteiger partial charge in [0.25, 0.3) is 0 Å². The molecular formula is C24H23BrN3O+. The lowest BCUT2D eigenvalue weighted by atomic mass is 10.1. The lowest BCUT2D eigenvalue weighted by Crippen LogP contribution is -3.10. The van der Waals surface area contributed by atoms with E-state index in [1.807, 2.05) is 60.7 Å². The van der Waals surface area contributed by atoms with Gasteiger partial charge >= 0.3 is 5.91 Å². The third kappa shape index (κ3) is 4.42. The lowest BCUT2D eigenvalue weighted by Gasteiger charge is -2.28. The third-order valence-electron chi connectivity index (χ3n) is 5.13. The number of carbonyl (C=O) groups is 1. The van der Waals surface area contributed by atoms with Gasteiger partial charge in [0, 0.05) is 15.6 Å². The van der Waals surface area contributed by atoms with Crippen molar-refractivity contribution < 1.29 is 9.69 Å². The van der Waals surface area contributed by atoms with E-state index in [1.165, 1.54) is 10.5 Å². The monoisotopic (exact) mass is 448 g/mol. The molecule has 1 aliphatic rings. The van der Waals surface area contributed by atoms with Crippen LogP contribution in [0, 0.1) is 0 Å². The minimum absolute atomic E-state index is 0.0564. The lowest BCUT2D eigenvalue weighted by molar-refractivity contribution is -0.937. The van der Waals surface area contributed by atoms with Gasteiger partial charge in [-0.05, 0) is 29.8 Å². The highest BCUT2D eigenvalue weighted by Crippen LogP contribution is 2.22. The van der Waals surface area contributed by atoms with E-state index in [1.54, 1.807) is 5.01 Å². The van der Waals surface area contributed by atoms with Crippen molar-refractivity contribution >= 4 is 27.5 Å². The Morgan fingerprint density at radius 2 is 1.62 bits per heavy atom. The van der Waals surface area contributed by atoms with Gasteiger partial charge in [-0.15, -0.1) is 0 Å². The predicted molar refractivity (Wildman–Crippen MR) is 118 cm³/mol. The Morgan fingerprint density at radius 3 is 2.28 bits per heavy atom. The quantitative estimate of drug-likeness (QED) is 0.604. The molecule has 0 saturated carbocycles. The van der Waals surface area contributed by atoms with Gasteiger partial charge in [0.1, 0.15) is 6.54 Å². The number of hydrazine groups is 1. The highest BCUT2D eigenvalue weighted by Gasteiger charge is 2.43. The molecule has 146 valence electrons. The average Bonchev–Trinajstić information content (AvgIpc) is 3.04. The number of carbonyl (C=O) groups excluding carboxylic acids is 1. The van der Waals surface area contributed by atoms with Crippen LogP contribution in [0.2, 0.25) is 0 Å². The van der Waals surface area contributed by atoms with Gasteiger partial charge < -0.3 is 0 Å². The molecule has 3 aromatic rings. The molecule has 0 bridgehead atoms. The molecule has 0 radical (unpaired) electrons. The molecule has 1 heterocycles. The maximum Gasteiger partial charge on any atom is 0.301 e. The largest absolute Gasteiger partial charge is 0.301 e. The van der Waals surface area contributed by atoms with E-state index in [2.05, 4.69) is 52.2 Å². The summed E-state index contributed by atoms with van der Waals surface area (Å²) in [5.74, 6) is 0.0564. The van der Waals surface area contributed by atoms with Crippen molar-refractivity contribution in [3.63, 3.8) is 0 Å². The third-order valence-corrected chi connectivity index (χ3v) is 5.66. The smallest absolute Gasteiger partial charge is 0.298 e. The fourth-order valence-electron chi connectivity index (χ4n) is 3.73. The molecule has 0 aliphatic carbocycles. The zero-order valence-electron chi connectivity index (χ0n) is 16.0. The summed E-state index contributed by atoms with van der Waals surface area (Å²) >= 11 is 3.50. The number of halogens is 1. The van der Waals surface area contributed by atoms with E-state index in [0.717, 1.165) is 22.1 Å². The summed E-state index contributed by atoms with van der Waals surface area (Å²) in [6.07, 6.45) is -0.142. The molecule has 2 atom stereocenters. The molecule has 0 spiro atoms. The van der Waals surface area contributed by atoms with Crippen molar-refractivity contribution in [2.24, 2.45) is 0 Å². The zero-order valence-corrected chi connectivity index (χ0v) is 17.6. The molecule has 0 aromatic heterocycles. The van der Waals surface area contributed by atoms with Gasteiger partial charge in [-0.1, -0.05) is 83.2 Å². The maximum absolute atomic E-state index is 13.0. The first-order valence-corrected chi connectivity index (χ1v) is 10.4. The first kappa shape index (κ1) is 19.4. The second-order valence-electron chi connectivity index (χ2n) is 7.17. The van der Waals surface area contributed by atoms with Crippen LogP contribution >= 0.6 is 15.9 Å². The van der Waals surface area contributed by atoms with Crippen molar-refractivity contribution in [2.75, 3.05) is 6.54 Å². The van der Waals surface area contributed by atoms with E-state index in [0.29, 0.717) is 12.2 Å². The Labute approximate surface area is 179 Å². The fourth-order valence-corrected chi connectivity index (χ4v) is 3.99. The Kier molecular flexibility index (Phi) is 5.79. The minimum atomic E-state index is -0.142. The normalized spacial score (nSPS) is 18.7. The molecule has 29 heavy (non-hydrogen) atoms. The Hall–Kier alpha value is -2.89. The number of rotatable bonds is 6. The molecular weight excluding hydrogens is 426 g/mol. The van der Waals surface area contributed by atoms with Crippen molar-refractivity contribution in [3.05, 3.63) is 113 Å². The molecule has 1 unspecified atom stereocenters. The van der Waals surface area contributed by atoms with Crippen molar-refractivity contribution in [1.29, 1.82) is 0 Å². The SMILES string of the molecule is C=C(NN1C(=O)C[NH+](Cc2ccccc2)[C@H]1c1ccc(Br)cc1)c1ccccc1. The number of hydrogen-bond acceptors (Lipinski definition) is 2. The van der Waals surface area contributed by atoms with Crippen LogP contribution in [0.5, 0.6) is 0 Å². The summed E-state index contributed by atoms with van der Waals surface area (Å²) in [4.78, 5) is 14.2. The van der Waals surface area contributed by atoms with E-state index in [-0.39, 0.29) is 12.1 Å². The first-order chi connectivity index (χ1) is 14.1. The molecule has 4 rings (SSSR count). The topological polar surface area (TPSA) is 36.8 Å². The minimum Gasteiger partial charge on any atom is -0.298 e. The summed E-state index contributed by atoms with van der Waals surface area (Å²) in [6.45, 7) is 5.34. The molecule has 1 aliphatic heterocycles. The van der Waals surface area contributed by atoms with Crippen molar-refractivity contribution in [3.8, 4) is 0 Å². The number of benzene rings is 3. The molecule has 3 aromatic carbocycles. The van der Waals surface area contributed by atoms with Crippen LogP contribution in [0.4, 0.5) is 0 Å². The zero-order chi connectivity index (χ0) is 20.2. The summed E-state index contributed by atoms with van der Waals surface area (Å²) < 4.78 is 1.02. The number of amides is 1. The second-order valence-corrected chi connectivity index (χ2v) is 8.09. The van der Waals surface area contributed by atoms with Crippen LogP contribution in [0.1, 0.15) is 22.9 Å². The van der Waals surface area contributed by atoms with E-state index < -0.39 is 0 Å². The summed E-state index contributed by atoms with van der Waals surface area (Å²) in [7, 11) is 0. The molecule has 4 nitrogen and oxygen atoms in total. The van der Waals surface area contributed by atoms with E-state index >= 15 is 0 Å². The number of hydrogen-bond donors (Lipinski definition) is 2. The Morgan fingerprint density at radius 1 is 1.00 bits per heavy atom. The van der Waals surface area contributed by atoms with Gasteiger partial charge in [0.05, 0.1) is 5.70 Å². The van der Waals surface area contributed by atoms with Gasteiger partial charge in [0.2, 0.25) is 6.17 Å². The van der Waals surface area contributed by atoms with Crippen LogP contribution < -0.4 is 10.3 Å². The van der Waals surface area contributed by atoms with Crippen molar-refractivity contribution in [2.45, 2.75) is 12.7 Å². The number of nitrogens with one attached hydrogen (secondary N) is 2. The summed E-state index contributed by atoms with van der Waals surface area (Å²) in [5, 5.41) is 1.73. The molecule has 2 N–H and O–H groups in total. The van der Waals surface area contributed by atoms with Gasteiger partial charge in [-0.3, -0.25) is 15.1 Å². The van der Waals surface area contributed by atoms with Crippen LogP contribution in [0.25, 0.3) is 5.70 Å². The summed E-state index contributed by atoms with van der Waals surface area (Å²) in [5.41, 5.74) is 7.25. The van der Waals surface area contributed by atoms with E-state index in [4.69, 9.17) is 0 Å². The number of nitrogens with zero attached hydrogens (tertiary/aromatic N) is 1. The first-order valence-electron chi connectivity index (χ1n) is 9.59. The number of quaternary nitrogens is 1. The molecule has 1 saturated heterocycles. The van der Waals surface area contributed by atoms with E-state index in [9.17, 15) is 4.79 Å². The molecule has 1 fully saturated rings. The maximum atomic E-state index is 13.0. The van der Waals surface area contributed by atoms with Gasteiger partial charge in [0.15, 0.2) is 6.54 Å². The molecule has 5 heteroatoms. The van der Waals surface area contributed by atoms with Crippen molar-refractivity contribution in [1.82, 2.24) is 10.4 Å². The second kappa shape index (κ2) is 8.64. The summed E-state index contributed by atoms with van der Waals surface area (Å²) in [6, 6.07) is 28.3.